The quantitative estimate of drug-likeness (QED) is 0.752. The summed E-state index contributed by atoms with van der Waals surface area (Å²) in [5.41, 5.74) is -1.10. The molecule has 1 fully saturated rings. The minimum absolute atomic E-state index is 0.111. The van der Waals surface area contributed by atoms with E-state index in [4.69, 9.17) is 4.74 Å². The zero-order chi connectivity index (χ0) is 13.2. The van der Waals surface area contributed by atoms with E-state index in [0.717, 1.165) is 10.5 Å². The molecule has 1 heterocycles. The van der Waals surface area contributed by atoms with Gasteiger partial charge in [0.2, 0.25) is 0 Å². The number of likely N-dealkylation sites (tertiary alicyclic amines) is 1. The predicted octanol–water partition coefficient (Wildman–Crippen LogP) is -0.880. The molecular weight excluding hydrogens is 238 g/mol. The van der Waals surface area contributed by atoms with Crippen molar-refractivity contribution in [3.05, 3.63) is 35.9 Å². The number of aliphatic carboxylic acids is 1. The first-order valence-electron chi connectivity index (χ1n) is 5.41. The SMILES string of the molecule is O=C(OCc1ccccc1)N1CC(O)(C(=O)[O-])C1. The third kappa shape index (κ3) is 2.43. The molecule has 1 aromatic carbocycles. The summed E-state index contributed by atoms with van der Waals surface area (Å²) in [4.78, 5) is 23.1. The standard InChI is InChI=1S/C12H13NO5/c14-10(15)12(17)7-13(8-12)11(16)18-6-9-4-2-1-3-5-9/h1-5,17H,6-8H2,(H,14,15)/p-1. The number of hydrogen-bond donors (Lipinski definition) is 1. The molecule has 0 atom stereocenters. The van der Waals surface area contributed by atoms with Gasteiger partial charge in [0.1, 0.15) is 12.2 Å². The average Bonchev–Trinajstić information content (AvgIpc) is 2.33. The van der Waals surface area contributed by atoms with Crippen molar-refractivity contribution >= 4 is 12.1 Å². The third-order valence-corrected chi connectivity index (χ3v) is 2.75. The van der Waals surface area contributed by atoms with Gasteiger partial charge in [-0.05, 0) is 5.56 Å². The van der Waals surface area contributed by atoms with E-state index in [9.17, 15) is 19.8 Å². The van der Waals surface area contributed by atoms with Crippen molar-refractivity contribution in [3.8, 4) is 0 Å². The lowest BCUT2D eigenvalue weighted by Gasteiger charge is -2.45. The highest BCUT2D eigenvalue weighted by atomic mass is 16.6. The Hall–Kier alpha value is -2.08. The molecule has 0 aromatic heterocycles. The van der Waals surface area contributed by atoms with Crippen LogP contribution in [-0.4, -0.2) is 40.8 Å². The highest BCUT2D eigenvalue weighted by Crippen LogP contribution is 2.21. The first kappa shape index (κ1) is 12.4. The number of ether oxygens (including phenoxy) is 1. The van der Waals surface area contributed by atoms with Gasteiger partial charge >= 0.3 is 6.09 Å². The normalized spacial score (nSPS) is 16.8. The minimum atomic E-state index is -1.94. The second-order valence-electron chi connectivity index (χ2n) is 4.22. The molecule has 1 aromatic rings. The van der Waals surface area contributed by atoms with E-state index in [1.165, 1.54) is 0 Å². The number of rotatable bonds is 3. The Labute approximate surface area is 103 Å². The summed E-state index contributed by atoms with van der Waals surface area (Å²) in [7, 11) is 0. The monoisotopic (exact) mass is 250 g/mol. The molecular formula is C12H12NO5-. The lowest BCUT2D eigenvalue weighted by atomic mass is 9.95. The molecule has 1 saturated heterocycles. The molecule has 0 spiro atoms. The number of carboxylic acid groups (broad SMARTS) is 1. The molecule has 18 heavy (non-hydrogen) atoms. The van der Waals surface area contributed by atoms with Gasteiger partial charge in [-0.1, -0.05) is 30.3 Å². The lowest BCUT2D eigenvalue weighted by molar-refractivity contribution is -0.331. The summed E-state index contributed by atoms with van der Waals surface area (Å²) in [6, 6.07) is 9.10. The van der Waals surface area contributed by atoms with Crippen LogP contribution in [0.15, 0.2) is 30.3 Å². The molecule has 96 valence electrons. The second-order valence-corrected chi connectivity index (χ2v) is 4.22. The van der Waals surface area contributed by atoms with Crippen LogP contribution in [0.25, 0.3) is 0 Å². The van der Waals surface area contributed by atoms with Crippen LogP contribution in [0.5, 0.6) is 0 Å². The Morgan fingerprint density at radius 3 is 2.50 bits per heavy atom. The molecule has 0 saturated carbocycles. The molecule has 0 aliphatic carbocycles. The molecule has 1 aliphatic rings. The van der Waals surface area contributed by atoms with Gasteiger partial charge < -0.3 is 24.6 Å². The topological polar surface area (TPSA) is 89.9 Å². The van der Waals surface area contributed by atoms with Crippen LogP contribution in [0.1, 0.15) is 5.56 Å². The van der Waals surface area contributed by atoms with Crippen molar-refractivity contribution in [1.82, 2.24) is 4.90 Å². The van der Waals surface area contributed by atoms with Gasteiger partial charge in [0, 0.05) is 0 Å². The van der Waals surface area contributed by atoms with Crippen molar-refractivity contribution in [1.29, 1.82) is 0 Å². The number of carbonyl (C=O) groups excluding carboxylic acids is 2. The van der Waals surface area contributed by atoms with Gasteiger partial charge in [-0.25, -0.2) is 4.79 Å². The van der Waals surface area contributed by atoms with E-state index >= 15 is 0 Å². The van der Waals surface area contributed by atoms with E-state index in [1.54, 1.807) is 12.1 Å². The van der Waals surface area contributed by atoms with E-state index in [1.807, 2.05) is 18.2 Å². The van der Waals surface area contributed by atoms with Crippen LogP contribution in [0.2, 0.25) is 0 Å². The Morgan fingerprint density at radius 1 is 1.33 bits per heavy atom. The largest absolute Gasteiger partial charge is 0.547 e. The van der Waals surface area contributed by atoms with Crippen LogP contribution in [0, 0.1) is 0 Å². The van der Waals surface area contributed by atoms with E-state index < -0.39 is 17.7 Å². The molecule has 1 N–H and O–H groups in total. The molecule has 1 amide bonds. The Bertz CT molecular complexity index is 453. The number of aliphatic hydroxyl groups is 1. The van der Waals surface area contributed by atoms with Crippen LogP contribution in [-0.2, 0) is 16.1 Å². The number of carboxylic acids is 1. The molecule has 6 heteroatoms. The molecule has 2 rings (SSSR count). The summed E-state index contributed by atoms with van der Waals surface area (Å²) in [5.74, 6) is -1.57. The van der Waals surface area contributed by atoms with Crippen LogP contribution < -0.4 is 5.11 Å². The third-order valence-electron chi connectivity index (χ3n) is 2.75. The average molecular weight is 250 g/mol. The van der Waals surface area contributed by atoms with Crippen molar-refractivity contribution in [2.75, 3.05) is 13.1 Å². The number of β-amino-alcohol motifs (C(OH)–C–C–N with tert-alkyl or cyclic N) is 1. The number of hydrogen-bond acceptors (Lipinski definition) is 5. The maximum atomic E-state index is 11.5. The fourth-order valence-electron chi connectivity index (χ4n) is 1.65. The lowest BCUT2D eigenvalue weighted by Crippen LogP contribution is -2.70. The summed E-state index contributed by atoms with van der Waals surface area (Å²) in [5, 5.41) is 19.9. The first-order chi connectivity index (χ1) is 8.51. The summed E-state index contributed by atoms with van der Waals surface area (Å²) < 4.78 is 4.97. The van der Waals surface area contributed by atoms with Gasteiger partial charge in [0.25, 0.3) is 0 Å². The maximum absolute atomic E-state index is 11.5. The molecule has 6 nitrogen and oxygen atoms in total. The molecule has 1 aliphatic heterocycles. The number of benzene rings is 1. The van der Waals surface area contributed by atoms with E-state index in [2.05, 4.69) is 0 Å². The zero-order valence-corrected chi connectivity index (χ0v) is 9.54. The Kier molecular flexibility index (Phi) is 3.20. The first-order valence-corrected chi connectivity index (χ1v) is 5.41. The summed E-state index contributed by atoms with van der Waals surface area (Å²) in [6.07, 6.45) is -0.648. The predicted molar refractivity (Wildman–Crippen MR) is 58.2 cm³/mol. The smallest absolute Gasteiger partial charge is 0.410 e. The van der Waals surface area contributed by atoms with Crippen molar-refractivity contribution in [3.63, 3.8) is 0 Å². The Morgan fingerprint density at radius 2 is 1.94 bits per heavy atom. The zero-order valence-electron chi connectivity index (χ0n) is 9.54. The second kappa shape index (κ2) is 4.66. The molecule has 0 bridgehead atoms. The van der Waals surface area contributed by atoms with Crippen molar-refractivity contribution in [2.45, 2.75) is 12.2 Å². The van der Waals surface area contributed by atoms with Gasteiger partial charge in [0.15, 0.2) is 0 Å². The van der Waals surface area contributed by atoms with Gasteiger partial charge in [-0.15, -0.1) is 0 Å². The number of carbonyl (C=O) groups is 2. The molecule has 0 unspecified atom stereocenters. The van der Waals surface area contributed by atoms with E-state index in [-0.39, 0.29) is 19.7 Å². The molecule has 0 radical (unpaired) electrons. The van der Waals surface area contributed by atoms with Crippen LogP contribution in [0.3, 0.4) is 0 Å². The maximum Gasteiger partial charge on any atom is 0.410 e. The van der Waals surface area contributed by atoms with Crippen LogP contribution in [0.4, 0.5) is 4.79 Å². The van der Waals surface area contributed by atoms with Crippen molar-refractivity contribution < 1.29 is 24.5 Å². The summed E-state index contributed by atoms with van der Waals surface area (Å²) >= 11 is 0. The number of amides is 1. The number of nitrogens with zero attached hydrogens (tertiary/aromatic N) is 1. The fraction of sp³-hybridized carbons (Fsp3) is 0.333. The van der Waals surface area contributed by atoms with Crippen molar-refractivity contribution in [2.24, 2.45) is 0 Å². The Balaban J connectivity index is 1.80. The highest BCUT2D eigenvalue weighted by Gasteiger charge is 2.45. The van der Waals surface area contributed by atoms with Gasteiger partial charge in [-0.2, -0.15) is 0 Å². The van der Waals surface area contributed by atoms with E-state index in [0.29, 0.717) is 0 Å². The fourth-order valence-corrected chi connectivity index (χ4v) is 1.65. The minimum Gasteiger partial charge on any atom is -0.547 e. The van der Waals surface area contributed by atoms with Gasteiger partial charge in [0.05, 0.1) is 19.1 Å². The highest BCUT2D eigenvalue weighted by molar-refractivity contribution is 5.81. The van der Waals surface area contributed by atoms with Crippen LogP contribution >= 0.6 is 0 Å². The van der Waals surface area contributed by atoms with Gasteiger partial charge in [-0.3, -0.25) is 0 Å². The summed E-state index contributed by atoms with van der Waals surface area (Å²) in [6.45, 7) is -0.494.